The molecule has 3 amide bonds. The number of rotatable bonds is 13. The molecule has 4 atom stereocenters. The zero-order chi connectivity index (χ0) is 30.5. The van der Waals surface area contributed by atoms with Crippen LogP contribution in [-0.4, -0.2) is 59.5 Å². The fourth-order valence-electron chi connectivity index (χ4n) is 4.48. The van der Waals surface area contributed by atoms with Crippen molar-refractivity contribution in [2.24, 2.45) is 5.41 Å². The van der Waals surface area contributed by atoms with Gasteiger partial charge in [0.25, 0.3) is 0 Å². The minimum absolute atomic E-state index is 0.0682. The number of methoxy groups -OCH3 is 1. The third-order valence-corrected chi connectivity index (χ3v) is 7.42. The summed E-state index contributed by atoms with van der Waals surface area (Å²) >= 11 is 1.38. The van der Waals surface area contributed by atoms with E-state index in [9.17, 15) is 19.5 Å². The van der Waals surface area contributed by atoms with Crippen molar-refractivity contribution in [2.75, 3.05) is 7.11 Å². The molecule has 0 saturated carbocycles. The molecule has 42 heavy (non-hydrogen) atoms. The van der Waals surface area contributed by atoms with E-state index in [0.29, 0.717) is 12.8 Å². The van der Waals surface area contributed by atoms with Crippen LogP contribution in [0.3, 0.4) is 0 Å². The molecule has 1 heterocycles. The number of nitrogens with zero attached hydrogens (tertiary/aromatic N) is 1. The van der Waals surface area contributed by atoms with Gasteiger partial charge in [-0.25, -0.2) is 9.59 Å². The Kier molecular flexibility index (Phi) is 12.3. The zero-order valence-electron chi connectivity index (χ0n) is 24.4. The smallest absolute Gasteiger partial charge is 0.407 e. The molecule has 0 saturated heterocycles. The fourth-order valence-corrected chi connectivity index (χ4v) is 4.98. The average molecular weight is 597 g/mol. The molecule has 11 heteroatoms. The van der Waals surface area contributed by atoms with Crippen LogP contribution >= 0.6 is 11.3 Å². The summed E-state index contributed by atoms with van der Waals surface area (Å²) in [6.07, 6.45) is 0.102. The van der Waals surface area contributed by atoms with Gasteiger partial charge in [-0.3, -0.25) is 9.78 Å². The van der Waals surface area contributed by atoms with Gasteiger partial charge in [-0.05, 0) is 35.8 Å². The highest BCUT2D eigenvalue weighted by atomic mass is 32.1. The highest BCUT2D eigenvalue weighted by Gasteiger charge is 2.35. The van der Waals surface area contributed by atoms with Crippen LogP contribution in [0.15, 0.2) is 72.4 Å². The fraction of sp³-hybridized carbons (Fsp3) is 0.419. The predicted octanol–water partition coefficient (Wildman–Crippen LogP) is 4.23. The number of alkyl carbamates (subject to hydrolysis) is 2. The van der Waals surface area contributed by atoms with Crippen molar-refractivity contribution in [3.63, 3.8) is 0 Å². The summed E-state index contributed by atoms with van der Waals surface area (Å²) in [5.41, 5.74) is 2.92. The first-order chi connectivity index (χ1) is 20.0. The van der Waals surface area contributed by atoms with Crippen LogP contribution in [0.1, 0.15) is 43.2 Å². The first-order valence-corrected chi connectivity index (χ1v) is 14.6. The second kappa shape index (κ2) is 15.9. The van der Waals surface area contributed by atoms with Gasteiger partial charge in [0.15, 0.2) is 0 Å². The Morgan fingerprint density at radius 3 is 2.07 bits per heavy atom. The topological polar surface area (TPSA) is 139 Å². The molecule has 4 N–H and O–H groups in total. The van der Waals surface area contributed by atoms with Crippen molar-refractivity contribution in [3.05, 3.63) is 88.4 Å². The van der Waals surface area contributed by atoms with Crippen molar-refractivity contribution >= 4 is 29.4 Å². The maximum atomic E-state index is 13.5. The third-order valence-electron chi connectivity index (χ3n) is 6.67. The summed E-state index contributed by atoms with van der Waals surface area (Å²) < 4.78 is 10.1. The van der Waals surface area contributed by atoms with Crippen LogP contribution in [0.4, 0.5) is 9.59 Å². The molecule has 226 valence electrons. The first kappa shape index (κ1) is 32.6. The lowest BCUT2D eigenvalue weighted by Gasteiger charge is -2.33. The molecule has 3 rings (SSSR count). The van der Waals surface area contributed by atoms with Crippen molar-refractivity contribution in [1.82, 2.24) is 20.9 Å². The molecular formula is C31H40N4O6S. The number of aliphatic hydroxyl groups excluding tert-OH is 1. The second-order valence-corrected chi connectivity index (χ2v) is 12.1. The number of hydrogen-bond donors (Lipinski definition) is 4. The van der Waals surface area contributed by atoms with Crippen LogP contribution in [-0.2, 0) is 33.7 Å². The largest absolute Gasteiger partial charge is 0.453 e. The number of nitrogens with one attached hydrogen (secondary N) is 3. The van der Waals surface area contributed by atoms with Gasteiger partial charge >= 0.3 is 12.2 Å². The van der Waals surface area contributed by atoms with Gasteiger partial charge in [-0.1, -0.05) is 81.4 Å². The van der Waals surface area contributed by atoms with Gasteiger partial charge in [0.05, 0.1) is 29.6 Å². The minimum Gasteiger partial charge on any atom is -0.453 e. The van der Waals surface area contributed by atoms with E-state index in [-0.39, 0.29) is 13.0 Å². The summed E-state index contributed by atoms with van der Waals surface area (Å²) in [6.45, 7) is 5.59. The van der Waals surface area contributed by atoms with Crippen LogP contribution in [0.2, 0.25) is 0 Å². The molecule has 0 fully saturated rings. The number of ether oxygens (including phenoxy) is 2. The van der Waals surface area contributed by atoms with Crippen LogP contribution in [0.25, 0.3) is 0 Å². The lowest BCUT2D eigenvalue weighted by Crippen LogP contribution is -2.56. The number of carbonyl (C=O) groups is 3. The van der Waals surface area contributed by atoms with Crippen molar-refractivity contribution in [1.29, 1.82) is 0 Å². The van der Waals surface area contributed by atoms with Crippen molar-refractivity contribution in [2.45, 2.75) is 70.9 Å². The monoisotopic (exact) mass is 596 g/mol. The third kappa shape index (κ3) is 10.8. The van der Waals surface area contributed by atoms with Gasteiger partial charge in [-0.15, -0.1) is 11.3 Å². The van der Waals surface area contributed by atoms with E-state index in [1.807, 2.05) is 81.4 Å². The lowest BCUT2D eigenvalue weighted by atomic mass is 9.85. The Hall–Kier alpha value is -3.96. The maximum Gasteiger partial charge on any atom is 0.407 e. The number of aliphatic hydroxyl groups is 1. The Labute approximate surface area is 250 Å². The van der Waals surface area contributed by atoms with E-state index >= 15 is 0 Å². The van der Waals surface area contributed by atoms with E-state index in [2.05, 4.69) is 20.9 Å². The van der Waals surface area contributed by atoms with E-state index in [4.69, 9.17) is 9.47 Å². The quantitative estimate of drug-likeness (QED) is 0.232. The Morgan fingerprint density at radius 1 is 0.905 bits per heavy atom. The van der Waals surface area contributed by atoms with Gasteiger partial charge in [-0.2, -0.15) is 0 Å². The van der Waals surface area contributed by atoms with Gasteiger partial charge in [0, 0.05) is 12.2 Å². The predicted molar refractivity (Wildman–Crippen MR) is 161 cm³/mol. The first-order valence-electron chi connectivity index (χ1n) is 13.8. The Balaban J connectivity index is 1.79. The van der Waals surface area contributed by atoms with Crippen LogP contribution in [0, 0.1) is 5.41 Å². The SMILES string of the molecule is COC(=O)N[C@H](C(=O)NC(Cc1ccccc1)CC(O)C(Cc1ccccc1)NC(=O)OCc1cncs1)C(C)(C)C. The summed E-state index contributed by atoms with van der Waals surface area (Å²) in [5, 5.41) is 20.0. The highest BCUT2D eigenvalue weighted by Crippen LogP contribution is 2.21. The lowest BCUT2D eigenvalue weighted by molar-refractivity contribution is -0.126. The molecule has 0 spiro atoms. The normalized spacial score (nSPS) is 14.1. The van der Waals surface area contributed by atoms with Gasteiger partial charge < -0.3 is 30.5 Å². The molecular weight excluding hydrogens is 556 g/mol. The summed E-state index contributed by atoms with van der Waals surface area (Å²) in [7, 11) is 1.24. The molecule has 3 aromatic rings. The molecule has 0 aliphatic rings. The summed E-state index contributed by atoms with van der Waals surface area (Å²) in [4.78, 5) is 43.0. The maximum absolute atomic E-state index is 13.5. The van der Waals surface area contributed by atoms with E-state index in [1.54, 1.807) is 11.7 Å². The van der Waals surface area contributed by atoms with Crippen LogP contribution in [0.5, 0.6) is 0 Å². The number of hydrogen-bond acceptors (Lipinski definition) is 8. The Bertz CT molecular complexity index is 1250. The standard InChI is InChI=1S/C31H40N4O6S/c1-31(2,3)27(35-29(38)40-4)28(37)33-23(15-21-11-7-5-8-12-21)17-26(36)25(16-22-13-9-6-10-14-22)34-30(39)41-19-24-18-32-20-42-24/h5-14,18,20,23,25-27,36H,15-17,19H2,1-4H3,(H,33,37)(H,34,39)(H,35,38)/t23?,25?,26?,27-/m1/s1. The zero-order valence-corrected chi connectivity index (χ0v) is 25.2. The number of carbonyl (C=O) groups excluding carboxylic acids is 3. The molecule has 0 aliphatic carbocycles. The molecule has 0 radical (unpaired) electrons. The van der Waals surface area contributed by atoms with Crippen LogP contribution < -0.4 is 16.0 Å². The number of thiazole rings is 1. The molecule has 0 bridgehead atoms. The van der Waals surface area contributed by atoms with Gasteiger partial charge in [0.2, 0.25) is 5.91 Å². The number of aromatic nitrogens is 1. The second-order valence-electron chi connectivity index (χ2n) is 11.1. The van der Waals surface area contributed by atoms with Gasteiger partial charge in [0.1, 0.15) is 12.6 Å². The van der Waals surface area contributed by atoms with Crippen molar-refractivity contribution < 1.29 is 29.0 Å². The molecule has 10 nitrogen and oxygen atoms in total. The Morgan fingerprint density at radius 2 is 1.52 bits per heavy atom. The van der Waals surface area contributed by atoms with E-state index in [1.165, 1.54) is 18.4 Å². The minimum atomic E-state index is -1.04. The highest BCUT2D eigenvalue weighted by molar-refractivity contribution is 7.09. The van der Waals surface area contributed by atoms with E-state index < -0.39 is 47.7 Å². The summed E-state index contributed by atoms with van der Waals surface area (Å²) in [5.74, 6) is -0.405. The molecule has 0 aliphatic heterocycles. The molecule has 3 unspecified atom stereocenters. The average Bonchev–Trinajstić information content (AvgIpc) is 3.48. The van der Waals surface area contributed by atoms with E-state index in [0.717, 1.165) is 16.0 Å². The molecule has 2 aromatic carbocycles. The summed E-state index contributed by atoms with van der Waals surface area (Å²) in [6, 6.07) is 17.0. The number of benzene rings is 2. The number of amides is 3. The molecule has 1 aromatic heterocycles. The van der Waals surface area contributed by atoms with Crippen molar-refractivity contribution in [3.8, 4) is 0 Å².